The molecule has 0 spiro atoms. The molecule has 6 radical (unpaired) electrons. The van der Waals surface area contributed by atoms with Crippen molar-refractivity contribution in [3.05, 3.63) is 0 Å². The van der Waals surface area contributed by atoms with E-state index in [1.807, 2.05) is 0 Å². The summed E-state index contributed by atoms with van der Waals surface area (Å²) in [6, 6.07) is 0. The Morgan fingerprint density at radius 2 is 0.323 bits per heavy atom. The van der Waals surface area contributed by atoms with Crippen LogP contribution in [0, 0.1) is 0 Å². The molecule has 0 fully saturated rings. The van der Waals surface area contributed by atoms with Gasteiger partial charge in [-0.2, -0.15) is 0 Å². The molecule has 188 valence electrons. The van der Waals surface area contributed by atoms with Gasteiger partial charge in [0, 0.05) is 0 Å². The van der Waals surface area contributed by atoms with Crippen molar-refractivity contribution in [2.24, 2.45) is 0 Å². The zero-order valence-electron chi connectivity index (χ0n) is 26.1. The summed E-state index contributed by atoms with van der Waals surface area (Å²) in [5.74, 6) is 0. The first-order chi connectivity index (χ1) is 12.5. The summed E-state index contributed by atoms with van der Waals surface area (Å²) in [6.45, 7) is 49.7. The summed E-state index contributed by atoms with van der Waals surface area (Å²) in [5.41, 5.74) is 0. The molecule has 0 amide bonds. The zero-order chi connectivity index (χ0) is 25.7. The molecule has 0 unspecified atom stereocenters. The Labute approximate surface area is 217 Å². The van der Waals surface area contributed by atoms with Crippen molar-refractivity contribution in [1.29, 1.82) is 0 Å². The third kappa shape index (κ3) is 19.2. The molecule has 0 N–H and O–H groups in total. The summed E-state index contributed by atoms with van der Waals surface area (Å²) in [5, 5.41) is 3.27. The van der Waals surface area contributed by atoms with Gasteiger partial charge >= 0.3 is 17.6 Å². The number of hydrogen-bond acceptors (Lipinski definition) is 0. The fourth-order valence-corrected chi connectivity index (χ4v) is 10.1. The maximum absolute atomic E-state index is 2.44. The first-order valence-corrected chi connectivity index (χ1v) is 18.0. The van der Waals surface area contributed by atoms with E-state index >= 15 is 0 Å². The Kier molecular flexibility index (Phi) is 16.9. The Hall–Kier alpha value is 1.19. The van der Waals surface area contributed by atoms with Gasteiger partial charge in [0.1, 0.15) is 0 Å². The van der Waals surface area contributed by atoms with Crippen molar-refractivity contribution in [1.82, 2.24) is 0 Å². The second kappa shape index (κ2) is 13.3. The average Bonchev–Trinajstić information content (AvgIpc) is 2.40. The van der Waals surface area contributed by atoms with E-state index in [1.165, 1.54) is 0 Å². The zero-order valence-corrected chi connectivity index (χ0v) is 31.5. The van der Waals surface area contributed by atoms with Gasteiger partial charge in [0.2, 0.25) is 0 Å². The Bertz CT molecular complexity index is 344. The van der Waals surface area contributed by atoms with E-state index in [1.54, 1.807) is 0 Å². The van der Waals surface area contributed by atoms with E-state index in [9.17, 15) is 0 Å². The van der Waals surface area contributed by atoms with Crippen LogP contribution in [0.5, 0.6) is 0 Å². The first kappa shape index (κ1) is 39.4. The molecule has 0 aromatic rings. The van der Waals surface area contributed by atoms with Gasteiger partial charge in [0.15, 0.2) is 0 Å². The fraction of sp³-hybridized carbons (Fsp3) is 1.00. The van der Waals surface area contributed by atoms with Gasteiger partial charge < -0.3 is 0 Å². The van der Waals surface area contributed by atoms with Gasteiger partial charge in [-0.3, -0.25) is 0 Å². The summed E-state index contributed by atoms with van der Waals surface area (Å²) in [6.07, 6.45) is 0. The third-order valence-electron chi connectivity index (χ3n) is 6.75. The van der Waals surface area contributed by atoms with Gasteiger partial charge in [0.25, 0.3) is 0 Å². The van der Waals surface area contributed by atoms with Crippen LogP contribution in [0.4, 0.5) is 0 Å². The second-order valence-electron chi connectivity index (χ2n) is 15.4. The molecule has 0 rings (SSSR count). The number of hydrogen-bond donors (Lipinski definition) is 0. The maximum atomic E-state index is 2.44. The van der Waals surface area contributed by atoms with Gasteiger partial charge in [0.05, 0.1) is 26.4 Å². The molecule has 0 bridgehead atoms. The molecule has 0 atom stereocenters. The summed E-state index contributed by atoms with van der Waals surface area (Å²) < 4.78 is 0. The van der Waals surface area contributed by atoms with Gasteiger partial charge in [-0.15, -0.1) is 0 Å². The Morgan fingerprint density at radius 1 is 0.258 bits per heavy atom. The van der Waals surface area contributed by atoms with Crippen LogP contribution in [0.15, 0.2) is 0 Å². The van der Waals surface area contributed by atoms with Crippen LogP contribution in [0.2, 0.25) is 49.9 Å². The molecule has 0 nitrogen and oxygen atoms in total. The molecule has 0 aliphatic heterocycles. The van der Waals surface area contributed by atoms with E-state index in [-0.39, 0.29) is 44.0 Å². The van der Waals surface area contributed by atoms with Gasteiger partial charge in [-0.05, 0) is 30.2 Å². The summed E-state index contributed by atoms with van der Waals surface area (Å²) >= 11 is 0. The first-order valence-electron chi connectivity index (χ1n) is 12.0. The molecule has 0 saturated carbocycles. The van der Waals surface area contributed by atoms with Crippen LogP contribution in [-0.2, 0) is 0 Å². The normalized spacial score (nSPS) is 13.9. The van der Waals surface area contributed by atoms with Crippen LogP contribution < -0.4 is 0 Å². The van der Waals surface area contributed by atoms with Crippen molar-refractivity contribution in [2.45, 2.75) is 174 Å². The van der Waals surface area contributed by atoms with Crippen LogP contribution in [0.25, 0.3) is 0 Å². The summed E-state index contributed by atoms with van der Waals surface area (Å²) in [4.78, 5) is 0. The van der Waals surface area contributed by atoms with Crippen LogP contribution in [-0.4, -0.2) is 44.0 Å². The second-order valence-corrected chi connectivity index (χ2v) is 28.1. The average molecular weight is 546 g/mol. The van der Waals surface area contributed by atoms with Crippen LogP contribution in [0.3, 0.4) is 0 Å². The van der Waals surface area contributed by atoms with Gasteiger partial charge in [-0.25, -0.2) is 0 Å². The minimum atomic E-state index is -0.221. The fourth-order valence-electron chi connectivity index (χ4n) is 3.38. The van der Waals surface area contributed by atoms with E-state index in [2.05, 4.69) is 144 Å². The van der Waals surface area contributed by atoms with Gasteiger partial charge in [-0.1, -0.05) is 144 Å². The van der Waals surface area contributed by atoms with Crippen molar-refractivity contribution >= 4 is 44.0 Å². The monoisotopic (exact) mass is 546 g/mol. The van der Waals surface area contributed by atoms with Crippen molar-refractivity contribution in [3.63, 3.8) is 0 Å². The molecule has 0 aromatic carbocycles. The molecular weight excluding hydrogens is 481 g/mol. The molecule has 0 heterocycles. The third-order valence-corrected chi connectivity index (χ3v) is 20.2. The van der Waals surface area contributed by atoms with E-state index in [0.29, 0.717) is 30.2 Å². The standard InChI is InChI=1S/3C9H21Si.GeH/c3*1-8(2,3)10(7)9(4,5)6;/h3*1-7H3;1H. The molecular formula is C27H64GeSi3. The SMILES string of the molecule is C[Si](C(C)(C)C)C(C)(C)C.C[Si](C(C)(C)C)C(C)(C)C.C[Si](C(C)(C)C)C(C)(C)C.[GeH]. The predicted molar refractivity (Wildman–Crippen MR) is 160 cm³/mol. The topological polar surface area (TPSA) is 0 Å². The van der Waals surface area contributed by atoms with E-state index < -0.39 is 0 Å². The van der Waals surface area contributed by atoms with E-state index in [0.717, 1.165) is 0 Å². The summed E-state index contributed by atoms with van der Waals surface area (Å²) in [7, 11) is -0.662. The molecule has 0 saturated heterocycles. The molecule has 31 heavy (non-hydrogen) atoms. The predicted octanol–water partition coefficient (Wildman–Crippen LogP) is 10.5. The van der Waals surface area contributed by atoms with Crippen LogP contribution in [0.1, 0.15) is 125 Å². The molecule has 0 aromatic heterocycles. The molecule has 0 aliphatic carbocycles. The number of rotatable bonds is 0. The molecule has 0 aliphatic rings. The van der Waals surface area contributed by atoms with Crippen molar-refractivity contribution < 1.29 is 0 Å². The minimum absolute atomic E-state index is 0. The van der Waals surface area contributed by atoms with E-state index in [4.69, 9.17) is 0 Å². The van der Waals surface area contributed by atoms with Crippen molar-refractivity contribution in [3.8, 4) is 0 Å². The quantitative estimate of drug-likeness (QED) is 0.266. The van der Waals surface area contributed by atoms with Crippen LogP contribution >= 0.6 is 0 Å². The molecule has 4 heteroatoms. The van der Waals surface area contributed by atoms with Crippen molar-refractivity contribution in [2.75, 3.05) is 0 Å². The Morgan fingerprint density at radius 3 is 0.323 bits per heavy atom. The Balaban J connectivity index is -0.000000174.